The molecule has 0 aliphatic heterocycles. The summed E-state index contributed by atoms with van der Waals surface area (Å²) in [5.74, 6) is 0. The van der Waals surface area contributed by atoms with Crippen LogP contribution in [0.2, 0.25) is 0 Å². The third kappa shape index (κ3) is 2.02. The van der Waals surface area contributed by atoms with E-state index in [0.29, 0.717) is 6.04 Å². The number of nitrogens with zero attached hydrogens (tertiary/aromatic N) is 2. The molecule has 2 heteroatoms. The molecule has 0 saturated heterocycles. The highest BCUT2D eigenvalue weighted by molar-refractivity contribution is 5.85. The first-order chi connectivity index (χ1) is 11.0. The Hall–Kier alpha value is -2.19. The maximum Gasteiger partial charge on any atom is 0.0760 e. The van der Waals surface area contributed by atoms with E-state index in [2.05, 4.69) is 87.4 Å². The number of likely N-dealkylation sites (N-methyl/N-ethyl adjacent to an activating group) is 1. The van der Waals surface area contributed by atoms with Gasteiger partial charge in [0.05, 0.1) is 11.2 Å². The van der Waals surface area contributed by atoms with Gasteiger partial charge < -0.3 is 4.90 Å². The van der Waals surface area contributed by atoms with E-state index < -0.39 is 0 Å². The average Bonchev–Trinajstić information content (AvgIpc) is 2.53. The lowest BCUT2D eigenvalue weighted by molar-refractivity contribution is 0.198. The maximum absolute atomic E-state index is 5.03. The molecule has 0 saturated carbocycles. The zero-order valence-electron chi connectivity index (χ0n) is 14.2. The Balaban J connectivity index is 2.12. The standard InChI is InChI=1S/C21H22N2/c1-21(2)17-11-7-6-10-15(17)19-16(20(21)23(3)4)13-14-9-5-8-12-18(14)22-19/h5-13,20H,1-4H3/t20-/m0/s1. The molecule has 1 aromatic heterocycles. The molecule has 23 heavy (non-hydrogen) atoms. The molecule has 0 radical (unpaired) electrons. The van der Waals surface area contributed by atoms with Gasteiger partial charge in [-0.2, -0.15) is 0 Å². The number of rotatable bonds is 1. The van der Waals surface area contributed by atoms with E-state index >= 15 is 0 Å². The normalized spacial score (nSPS) is 18.7. The molecule has 0 spiro atoms. The molecule has 4 rings (SSSR count). The summed E-state index contributed by atoms with van der Waals surface area (Å²) in [5, 5.41) is 1.22. The van der Waals surface area contributed by atoms with Crippen molar-refractivity contribution in [1.82, 2.24) is 9.88 Å². The lowest BCUT2D eigenvalue weighted by Crippen LogP contribution is -2.39. The molecule has 116 valence electrons. The second kappa shape index (κ2) is 4.90. The van der Waals surface area contributed by atoms with Crippen molar-refractivity contribution < 1.29 is 0 Å². The number of para-hydroxylation sites is 1. The van der Waals surface area contributed by atoms with Crippen LogP contribution in [0.25, 0.3) is 22.2 Å². The molecule has 2 nitrogen and oxygen atoms in total. The lowest BCUT2D eigenvalue weighted by atomic mass is 9.67. The fourth-order valence-corrected chi connectivity index (χ4v) is 4.27. The molecule has 0 fully saturated rings. The summed E-state index contributed by atoms with van der Waals surface area (Å²) in [5.41, 5.74) is 6.23. The zero-order chi connectivity index (χ0) is 16.2. The van der Waals surface area contributed by atoms with Gasteiger partial charge in [0, 0.05) is 22.4 Å². The molecule has 0 unspecified atom stereocenters. The van der Waals surface area contributed by atoms with E-state index in [0.717, 1.165) is 11.2 Å². The summed E-state index contributed by atoms with van der Waals surface area (Å²) >= 11 is 0. The molecule has 1 aliphatic rings. The first kappa shape index (κ1) is 14.4. The summed E-state index contributed by atoms with van der Waals surface area (Å²) in [6, 6.07) is 19.8. The van der Waals surface area contributed by atoms with Gasteiger partial charge in [-0.25, -0.2) is 4.98 Å². The van der Waals surface area contributed by atoms with Crippen molar-refractivity contribution in [3.8, 4) is 11.3 Å². The number of aromatic nitrogens is 1. The van der Waals surface area contributed by atoms with Crippen molar-refractivity contribution >= 4 is 10.9 Å². The van der Waals surface area contributed by atoms with Crippen molar-refractivity contribution in [2.45, 2.75) is 25.3 Å². The van der Waals surface area contributed by atoms with Crippen LogP contribution < -0.4 is 0 Å². The molecule has 3 aromatic rings. The van der Waals surface area contributed by atoms with E-state index in [1.54, 1.807) is 0 Å². The molecular weight excluding hydrogens is 280 g/mol. The molecule has 0 bridgehead atoms. The summed E-state index contributed by atoms with van der Waals surface area (Å²) in [7, 11) is 4.33. The van der Waals surface area contributed by atoms with Gasteiger partial charge in [-0.1, -0.05) is 56.3 Å². The van der Waals surface area contributed by atoms with Crippen LogP contribution in [0, 0.1) is 0 Å². The Morgan fingerprint density at radius 3 is 2.43 bits per heavy atom. The van der Waals surface area contributed by atoms with Crippen LogP contribution >= 0.6 is 0 Å². The smallest absolute Gasteiger partial charge is 0.0760 e. The Labute approximate surface area is 137 Å². The third-order valence-electron chi connectivity index (χ3n) is 5.12. The summed E-state index contributed by atoms with van der Waals surface area (Å²) in [4.78, 5) is 7.35. The number of pyridine rings is 1. The fraction of sp³-hybridized carbons (Fsp3) is 0.286. The van der Waals surface area contributed by atoms with Gasteiger partial charge in [-0.3, -0.25) is 0 Å². The number of hydrogen-bond acceptors (Lipinski definition) is 2. The molecule has 2 aromatic carbocycles. The van der Waals surface area contributed by atoms with Crippen LogP contribution in [0.15, 0.2) is 54.6 Å². The van der Waals surface area contributed by atoms with Crippen LogP contribution in [-0.4, -0.2) is 24.0 Å². The predicted octanol–water partition coefficient (Wildman–Crippen LogP) is 4.80. The molecule has 0 N–H and O–H groups in total. The van der Waals surface area contributed by atoms with Crippen LogP contribution in [0.5, 0.6) is 0 Å². The molecular formula is C21H22N2. The first-order valence-corrected chi connectivity index (χ1v) is 8.16. The zero-order valence-corrected chi connectivity index (χ0v) is 14.2. The van der Waals surface area contributed by atoms with E-state index in [4.69, 9.17) is 4.98 Å². The van der Waals surface area contributed by atoms with Crippen LogP contribution in [0.4, 0.5) is 0 Å². The molecule has 1 aliphatic carbocycles. The largest absolute Gasteiger partial charge is 0.301 e. The highest BCUT2D eigenvalue weighted by Gasteiger charge is 2.41. The quantitative estimate of drug-likeness (QED) is 0.642. The summed E-state index contributed by atoms with van der Waals surface area (Å²) < 4.78 is 0. The Morgan fingerprint density at radius 1 is 0.957 bits per heavy atom. The van der Waals surface area contributed by atoms with Crippen molar-refractivity contribution in [1.29, 1.82) is 0 Å². The van der Waals surface area contributed by atoms with Gasteiger partial charge in [0.15, 0.2) is 0 Å². The predicted molar refractivity (Wildman–Crippen MR) is 96.6 cm³/mol. The third-order valence-corrected chi connectivity index (χ3v) is 5.12. The Kier molecular flexibility index (Phi) is 3.07. The van der Waals surface area contributed by atoms with Gasteiger partial charge in [0.2, 0.25) is 0 Å². The molecule has 1 atom stereocenters. The van der Waals surface area contributed by atoms with Crippen molar-refractivity contribution in [2.75, 3.05) is 14.1 Å². The topological polar surface area (TPSA) is 16.1 Å². The maximum atomic E-state index is 5.03. The number of fused-ring (bicyclic) bond motifs is 4. The summed E-state index contributed by atoms with van der Waals surface area (Å²) in [6.07, 6.45) is 0. The van der Waals surface area contributed by atoms with Crippen molar-refractivity contribution in [3.63, 3.8) is 0 Å². The van der Waals surface area contributed by atoms with Gasteiger partial charge >= 0.3 is 0 Å². The lowest BCUT2D eigenvalue weighted by Gasteiger charge is -2.44. The van der Waals surface area contributed by atoms with Gasteiger partial charge in [-0.05, 0) is 37.4 Å². The minimum absolute atomic E-state index is 0.0389. The van der Waals surface area contributed by atoms with Crippen molar-refractivity contribution in [2.24, 2.45) is 0 Å². The van der Waals surface area contributed by atoms with Crippen LogP contribution in [0.3, 0.4) is 0 Å². The minimum atomic E-state index is 0.0389. The van der Waals surface area contributed by atoms with E-state index in [1.807, 2.05) is 0 Å². The SMILES string of the molecule is CN(C)[C@H]1c2cc3ccccc3nc2-c2ccccc2C1(C)C. The second-order valence-corrected chi connectivity index (χ2v) is 7.25. The van der Waals surface area contributed by atoms with Crippen LogP contribution in [-0.2, 0) is 5.41 Å². The molecule has 0 amide bonds. The van der Waals surface area contributed by atoms with Crippen molar-refractivity contribution in [3.05, 3.63) is 65.7 Å². The fourth-order valence-electron chi connectivity index (χ4n) is 4.27. The van der Waals surface area contributed by atoms with Gasteiger partial charge in [-0.15, -0.1) is 0 Å². The first-order valence-electron chi connectivity index (χ1n) is 8.16. The molecule has 1 heterocycles. The highest BCUT2D eigenvalue weighted by atomic mass is 15.1. The number of hydrogen-bond donors (Lipinski definition) is 0. The van der Waals surface area contributed by atoms with E-state index in [1.165, 1.54) is 22.1 Å². The average molecular weight is 302 g/mol. The highest BCUT2D eigenvalue weighted by Crippen LogP contribution is 2.50. The van der Waals surface area contributed by atoms with Crippen LogP contribution in [0.1, 0.15) is 31.0 Å². The van der Waals surface area contributed by atoms with E-state index in [9.17, 15) is 0 Å². The van der Waals surface area contributed by atoms with E-state index in [-0.39, 0.29) is 5.41 Å². The summed E-state index contributed by atoms with van der Waals surface area (Å²) in [6.45, 7) is 4.68. The van der Waals surface area contributed by atoms with Gasteiger partial charge in [0.25, 0.3) is 0 Å². The monoisotopic (exact) mass is 302 g/mol. The van der Waals surface area contributed by atoms with Gasteiger partial charge in [0.1, 0.15) is 0 Å². The number of benzene rings is 2. The second-order valence-electron chi connectivity index (χ2n) is 7.25. The Bertz CT molecular complexity index is 893. The Morgan fingerprint density at radius 2 is 1.65 bits per heavy atom. The minimum Gasteiger partial charge on any atom is -0.301 e.